The first kappa shape index (κ1) is 5.21. The largest absolute Gasteiger partial charge is 0.280 e. The molecular formula is C4H8N4. The van der Waals surface area contributed by atoms with Crippen molar-refractivity contribution >= 4 is 6.34 Å². The summed E-state index contributed by atoms with van der Waals surface area (Å²) in [5.41, 5.74) is 2.46. The van der Waals surface area contributed by atoms with Gasteiger partial charge in [0.05, 0.1) is 0 Å². The van der Waals surface area contributed by atoms with Crippen molar-refractivity contribution < 1.29 is 0 Å². The third-order valence-corrected chi connectivity index (χ3v) is 0.755. The van der Waals surface area contributed by atoms with Crippen LogP contribution in [0.2, 0.25) is 0 Å². The zero-order valence-electron chi connectivity index (χ0n) is 4.92. The summed E-state index contributed by atoms with van der Waals surface area (Å²) in [5, 5.41) is 11.1. The van der Waals surface area contributed by atoms with Gasteiger partial charge >= 0.3 is 0 Å². The molecule has 0 fully saturated rings. The summed E-state index contributed by atoms with van der Waals surface area (Å²) in [6.45, 7) is 3.79. The molecule has 0 saturated heterocycles. The van der Waals surface area contributed by atoms with E-state index in [1.54, 1.807) is 0 Å². The molecule has 1 aliphatic rings. The molecule has 0 saturated carbocycles. The third-order valence-electron chi connectivity index (χ3n) is 0.755. The first-order valence-electron chi connectivity index (χ1n) is 2.41. The van der Waals surface area contributed by atoms with Crippen molar-refractivity contribution in [3.05, 3.63) is 0 Å². The second-order valence-electron chi connectivity index (χ2n) is 2.13. The van der Waals surface area contributed by atoms with E-state index in [0.29, 0.717) is 0 Å². The molecular weight excluding hydrogens is 104 g/mol. The maximum absolute atomic E-state index is 3.83. The Balaban J connectivity index is 2.65. The number of rotatable bonds is 0. The second kappa shape index (κ2) is 1.54. The van der Waals surface area contributed by atoms with E-state index in [2.05, 4.69) is 20.8 Å². The molecule has 44 valence electrons. The van der Waals surface area contributed by atoms with Gasteiger partial charge in [-0.25, -0.2) is 0 Å². The van der Waals surface area contributed by atoms with Crippen molar-refractivity contribution in [1.29, 1.82) is 0 Å². The summed E-state index contributed by atoms with van der Waals surface area (Å²) in [6.07, 6.45) is 1.38. The van der Waals surface area contributed by atoms with Crippen LogP contribution < -0.4 is 5.43 Å². The average Bonchev–Trinajstić information content (AvgIpc) is 1.65. The Morgan fingerprint density at radius 3 is 2.50 bits per heavy atom. The van der Waals surface area contributed by atoms with Crippen LogP contribution in [-0.2, 0) is 0 Å². The Kier molecular flexibility index (Phi) is 1.00. The third kappa shape index (κ3) is 1.02. The van der Waals surface area contributed by atoms with Crippen LogP contribution in [-0.4, -0.2) is 12.0 Å². The van der Waals surface area contributed by atoms with Crippen LogP contribution in [0, 0.1) is 0 Å². The number of hydrazone groups is 1. The van der Waals surface area contributed by atoms with E-state index < -0.39 is 0 Å². The molecule has 4 heteroatoms. The quantitative estimate of drug-likeness (QED) is 0.493. The monoisotopic (exact) mass is 112 g/mol. The van der Waals surface area contributed by atoms with Crippen LogP contribution in [0.3, 0.4) is 0 Å². The van der Waals surface area contributed by atoms with Crippen molar-refractivity contribution in [2.75, 3.05) is 0 Å². The molecule has 0 aromatic rings. The van der Waals surface area contributed by atoms with Gasteiger partial charge in [0.15, 0.2) is 12.0 Å². The highest BCUT2D eigenvalue weighted by Gasteiger charge is 2.15. The molecule has 0 aromatic heterocycles. The van der Waals surface area contributed by atoms with Gasteiger partial charge in [-0.2, -0.15) is 10.2 Å². The molecule has 0 radical (unpaired) electrons. The van der Waals surface area contributed by atoms with Gasteiger partial charge < -0.3 is 0 Å². The average molecular weight is 112 g/mol. The molecule has 4 nitrogen and oxygen atoms in total. The van der Waals surface area contributed by atoms with Gasteiger partial charge in [0.1, 0.15) is 0 Å². The molecule has 0 aromatic carbocycles. The smallest absolute Gasteiger partial charge is 0.160 e. The molecule has 0 spiro atoms. The highest BCUT2D eigenvalue weighted by Crippen LogP contribution is 2.05. The summed E-state index contributed by atoms with van der Waals surface area (Å²) >= 11 is 0. The lowest BCUT2D eigenvalue weighted by Crippen LogP contribution is -2.34. The SMILES string of the molecule is CC1(C)N=NC=NN1. The molecule has 0 bridgehead atoms. The van der Waals surface area contributed by atoms with Gasteiger partial charge in [0.2, 0.25) is 0 Å². The predicted molar refractivity (Wildman–Crippen MR) is 30.6 cm³/mol. The highest BCUT2D eigenvalue weighted by atomic mass is 15.5. The molecule has 0 unspecified atom stereocenters. The number of azo groups is 1. The molecule has 1 rings (SSSR count). The first-order chi connectivity index (χ1) is 3.71. The minimum absolute atomic E-state index is 0.311. The minimum Gasteiger partial charge on any atom is -0.280 e. The fourth-order valence-electron chi connectivity index (χ4n) is 0.405. The Morgan fingerprint density at radius 1 is 1.50 bits per heavy atom. The molecule has 1 heterocycles. The van der Waals surface area contributed by atoms with Crippen molar-refractivity contribution in [1.82, 2.24) is 5.43 Å². The number of nitrogens with one attached hydrogen (secondary N) is 1. The van der Waals surface area contributed by atoms with E-state index in [0.717, 1.165) is 0 Å². The lowest BCUT2D eigenvalue weighted by atomic mass is 10.3. The number of hydrogen-bond acceptors (Lipinski definition) is 4. The van der Waals surface area contributed by atoms with E-state index in [4.69, 9.17) is 0 Å². The lowest BCUT2D eigenvalue weighted by Gasteiger charge is -2.18. The van der Waals surface area contributed by atoms with Crippen LogP contribution >= 0.6 is 0 Å². The summed E-state index contributed by atoms with van der Waals surface area (Å²) in [4.78, 5) is 0. The summed E-state index contributed by atoms with van der Waals surface area (Å²) < 4.78 is 0. The van der Waals surface area contributed by atoms with Crippen LogP contribution in [0.25, 0.3) is 0 Å². The predicted octanol–water partition coefficient (Wildman–Crippen LogP) is 0.721. The zero-order chi connectivity index (χ0) is 6.04. The van der Waals surface area contributed by atoms with Gasteiger partial charge in [-0.1, -0.05) is 0 Å². The van der Waals surface area contributed by atoms with Crippen LogP contribution in [0.4, 0.5) is 0 Å². The molecule has 0 atom stereocenters. The topological polar surface area (TPSA) is 49.1 Å². The molecule has 0 aliphatic carbocycles. The maximum atomic E-state index is 3.83. The molecule has 0 amide bonds. The van der Waals surface area contributed by atoms with Crippen LogP contribution in [0.1, 0.15) is 13.8 Å². The fraction of sp³-hybridized carbons (Fsp3) is 0.750. The fourth-order valence-corrected chi connectivity index (χ4v) is 0.405. The van der Waals surface area contributed by atoms with E-state index in [1.165, 1.54) is 6.34 Å². The van der Waals surface area contributed by atoms with Crippen LogP contribution in [0.5, 0.6) is 0 Å². The van der Waals surface area contributed by atoms with Crippen molar-refractivity contribution in [2.45, 2.75) is 19.5 Å². The van der Waals surface area contributed by atoms with E-state index in [-0.39, 0.29) is 5.66 Å². The minimum atomic E-state index is -0.311. The van der Waals surface area contributed by atoms with Crippen LogP contribution in [0.15, 0.2) is 15.3 Å². The lowest BCUT2D eigenvalue weighted by molar-refractivity contribution is 0.393. The summed E-state index contributed by atoms with van der Waals surface area (Å²) in [5.74, 6) is 0. The van der Waals surface area contributed by atoms with Gasteiger partial charge in [-0.3, -0.25) is 5.43 Å². The highest BCUT2D eigenvalue weighted by molar-refractivity contribution is 5.54. The van der Waals surface area contributed by atoms with Gasteiger partial charge in [0.25, 0.3) is 0 Å². The Morgan fingerprint density at radius 2 is 2.25 bits per heavy atom. The van der Waals surface area contributed by atoms with Crippen molar-refractivity contribution in [3.8, 4) is 0 Å². The zero-order valence-corrected chi connectivity index (χ0v) is 4.92. The van der Waals surface area contributed by atoms with Gasteiger partial charge in [-0.15, -0.1) is 5.11 Å². The van der Waals surface area contributed by atoms with Gasteiger partial charge in [-0.05, 0) is 13.8 Å². The van der Waals surface area contributed by atoms with Crippen molar-refractivity contribution in [2.24, 2.45) is 15.3 Å². The number of nitrogens with zero attached hydrogens (tertiary/aromatic N) is 3. The second-order valence-corrected chi connectivity index (χ2v) is 2.13. The van der Waals surface area contributed by atoms with E-state index in [9.17, 15) is 0 Å². The Hall–Kier alpha value is -0.930. The van der Waals surface area contributed by atoms with Gasteiger partial charge in [0, 0.05) is 0 Å². The first-order valence-corrected chi connectivity index (χ1v) is 2.41. The molecule has 1 N–H and O–H groups in total. The van der Waals surface area contributed by atoms with E-state index >= 15 is 0 Å². The summed E-state index contributed by atoms with van der Waals surface area (Å²) in [6, 6.07) is 0. The summed E-state index contributed by atoms with van der Waals surface area (Å²) in [7, 11) is 0. The Bertz CT molecular complexity index is 135. The normalized spacial score (nSPS) is 22.8. The number of hydrogen-bond donors (Lipinski definition) is 1. The standard InChI is InChI=1S/C4H8N4/c1-4(2)7-5-3-6-8-4/h3,7H,1-2H3. The van der Waals surface area contributed by atoms with E-state index in [1.807, 2.05) is 13.8 Å². The maximum Gasteiger partial charge on any atom is 0.160 e. The molecule has 1 aliphatic heterocycles. The Labute approximate surface area is 47.7 Å². The van der Waals surface area contributed by atoms with Crippen molar-refractivity contribution in [3.63, 3.8) is 0 Å². The molecule has 8 heavy (non-hydrogen) atoms.